The Hall–Kier alpha value is -3.88. The summed E-state index contributed by atoms with van der Waals surface area (Å²) in [6.07, 6.45) is 0.735. The van der Waals surface area contributed by atoms with Crippen LogP contribution in [0.2, 0.25) is 0 Å². The van der Waals surface area contributed by atoms with Crippen molar-refractivity contribution in [3.63, 3.8) is 0 Å². The molecular weight excluding hydrogens is 438 g/mol. The van der Waals surface area contributed by atoms with E-state index in [4.69, 9.17) is 9.84 Å². The summed E-state index contributed by atoms with van der Waals surface area (Å²) in [6.45, 7) is 5.82. The maximum atomic E-state index is 13.1. The normalized spacial score (nSPS) is 14.4. The molecule has 3 amide bonds. The van der Waals surface area contributed by atoms with Gasteiger partial charge in [0.05, 0.1) is 5.56 Å². The average Bonchev–Trinajstić information content (AvgIpc) is 3.18. The zero-order valence-corrected chi connectivity index (χ0v) is 19.5. The van der Waals surface area contributed by atoms with Gasteiger partial charge in [-0.2, -0.15) is 0 Å². The van der Waals surface area contributed by atoms with E-state index in [-0.39, 0.29) is 17.9 Å². The van der Waals surface area contributed by atoms with Crippen LogP contribution in [0.5, 0.6) is 0 Å². The van der Waals surface area contributed by atoms with Gasteiger partial charge < -0.3 is 25.4 Å². The number of ether oxygens (including phenoxy) is 1. The highest BCUT2D eigenvalue weighted by Crippen LogP contribution is 2.23. The maximum absolute atomic E-state index is 13.1. The van der Waals surface area contributed by atoms with Gasteiger partial charge in [0.1, 0.15) is 11.6 Å². The summed E-state index contributed by atoms with van der Waals surface area (Å²) < 4.78 is 5.32. The molecule has 1 saturated heterocycles. The molecule has 3 rings (SSSR count). The Kier molecular flexibility index (Phi) is 7.55. The van der Waals surface area contributed by atoms with Crippen LogP contribution in [0.1, 0.15) is 49.5 Å². The summed E-state index contributed by atoms with van der Waals surface area (Å²) in [6, 6.07) is 12.0. The van der Waals surface area contributed by atoms with Crippen LogP contribution in [-0.2, 0) is 20.7 Å². The standard InChI is InChI=1S/C25H29N3O6/c1-25(2,3)34-24(33)27-20(22(30)26-18-11-9-17(10-12-18)23(31)32)15-16-6-4-7-19(14-16)28-13-5-8-21(28)29/h4,6-7,9-12,14,20H,5,8,13,15H2,1-3H3,(H,26,30)(H,27,33)(H,31,32). The first-order chi connectivity index (χ1) is 16.0. The number of anilines is 2. The minimum Gasteiger partial charge on any atom is -0.478 e. The fraction of sp³-hybridized carbons (Fsp3) is 0.360. The highest BCUT2D eigenvalue weighted by atomic mass is 16.6. The van der Waals surface area contributed by atoms with Crippen LogP contribution < -0.4 is 15.5 Å². The van der Waals surface area contributed by atoms with Gasteiger partial charge in [0.2, 0.25) is 11.8 Å². The van der Waals surface area contributed by atoms with Crippen molar-refractivity contribution < 1.29 is 29.0 Å². The van der Waals surface area contributed by atoms with Crippen molar-refractivity contribution in [2.24, 2.45) is 0 Å². The molecule has 0 bridgehead atoms. The number of nitrogens with zero attached hydrogens (tertiary/aromatic N) is 1. The molecule has 1 aliphatic heterocycles. The lowest BCUT2D eigenvalue weighted by molar-refractivity contribution is -0.118. The molecule has 9 nitrogen and oxygen atoms in total. The van der Waals surface area contributed by atoms with E-state index in [0.717, 1.165) is 17.7 Å². The van der Waals surface area contributed by atoms with Crippen LogP contribution in [-0.4, -0.2) is 47.2 Å². The van der Waals surface area contributed by atoms with E-state index in [2.05, 4.69) is 10.6 Å². The van der Waals surface area contributed by atoms with Gasteiger partial charge in [-0.1, -0.05) is 12.1 Å². The number of hydrogen-bond donors (Lipinski definition) is 3. The van der Waals surface area contributed by atoms with Crippen molar-refractivity contribution in [3.8, 4) is 0 Å². The van der Waals surface area contributed by atoms with E-state index in [0.29, 0.717) is 18.7 Å². The maximum Gasteiger partial charge on any atom is 0.408 e. The highest BCUT2D eigenvalue weighted by molar-refractivity contribution is 5.98. The van der Waals surface area contributed by atoms with Gasteiger partial charge in [0.25, 0.3) is 0 Å². The van der Waals surface area contributed by atoms with Crippen LogP contribution >= 0.6 is 0 Å². The Morgan fingerprint density at radius 3 is 2.41 bits per heavy atom. The van der Waals surface area contributed by atoms with Gasteiger partial charge in [0, 0.05) is 30.8 Å². The molecule has 1 atom stereocenters. The number of amides is 3. The summed E-state index contributed by atoms with van der Waals surface area (Å²) >= 11 is 0. The molecule has 0 radical (unpaired) electrons. The van der Waals surface area contributed by atoms with Crippen molar-refractivity contribution in [1.29, 1.82) is 0 Å². The van der Waals surface area contributed by atoms with Gasteiger partial charge in [-0.3, -0.25) is 9.59 Å². The van der Waals surface area contributed by atoms with E-state index in [1.807, 2.05) is 24.3 Å². The summed E-state index contributed by atoms with van der Waals surface area (Å²) in [5.74, 6) is -1.50. The number of hydrogen-bond acceptors (Lipinski definition) is 5. The van der Waals surface area contributed by atoms with Crippen molar-refractivity contribution in [2.75, 3.05) is 16.8 Å². The molecule has 1 heterocycles. The molecule has 1 fully saturated rings. The second-order valence-corrected chi connectivity index (χ2v) is 9.09. The number of aromatic carboxylic acids is 1. The molecule has 3 N–H and O–H groups in total. The summed E-state index contributed by atoms with van der Waals surface area (Å²) in [5.41, 5.74) is 1.25. The topological polar surface area (TPSA) is 125 Å². The molecule has 0 aromatic heterocycles. The predicted molar refractivity (Wildman–Crippen MR) is 127 cm³/mol. The fourth-order valence-electron chi connectivity index (χ4n) is 3.59. The molecule has 34 heavy (non-hydrogen) atoms. The van der Waals surface area contributed by atoms with E-state index in [9.17, 15) is 19.2 Å². The van der Waals surface area contributed by atoms with E-state index in [1.54, 1.807) is 25.7 Å². The third kappa shape index (κ3) is 6.81. The monoisotopic (exact) mass is 467 g/mol. The quantitative estimate of drug-likeness (QED) is 0.572. The third-order valence-corrected chi connectivity index (χ3v) is 5.14. The average molecular weight is 468 g/mol. The van der Waals surface area contributed by atoms with Gasteiger partial charge in [-0.15, -0.1) is 0 Å². The lowest BCUT2D eigenvalue weighted by Gasteiger charge is -2.24. The summed E-state index contributed by atoms with van der Waals surface area (Å²) in [4.78, 5) is 50.4. The van der Waals surface area contributed by atoms with E-state index in [1.165, 1.54) is 24.3 Å². The molecule has 0 aliphatic carbocycles. The number of alkyl carbamates (subject to hydrolysis) is 1. The van der Waals surface area contributed by atoms with Crippen molar-refractivity contribution in [1.82, 2.24) is 5.32 Å². The van der Waals surface area contributed by atoms with Crippen molar-refractivity contribution in [2.45, 2.75) is 51.7 Å². The minimum atomic E-state index is -1.07. The number of carboxylic acids is 1. The van der Waals surface area contributed by atoms with E-state index >= 15 is 0 Å². The molecule has 2 aromatic rings. The van der Waals surface area contributed by atoms with E-state index < -0.39 is 29.6 Å². The Labute approximate surface area is 198 Å². The van der Waals surface area contributed by atoms with Gasteiger partial charge in [0.15, 0.2) is 0 Å². The molecule has 1 unspecified atom stereocenters. The molecule has 0 spiro atoms. The van der Waals surface area contributed by atoms with Crippen LogP contribution in [0.4, 0.5) is 16.2 Å². The highest BCUT2D eigenvalue weighted by Gasteiger charge is 2.26. The van der Waals surface area contributed by atoms with Gasteiger partial charge in [-0.25, -0.2) is 9.59 Å². The molecule has 9 heteroatoms. The summed E-state index contributed by atoms with van der Waals surface area (Å²) in [5, 5.41) is 14.4. The zero-order valence-electron chi connectivity index (χ0n) is 19.5. The number of rotatable bonds is 7. The van der Waals surface area contributed by atoms with Crippen LogP contribution in [0.3, 0.4) is 0 Å². The van der Waals surface area contributed by atoms with Crippen molar-refractivity contribution >= 4 is 35.3 Å². The fourth-order valence-corrected chi connectivity index (χ4v) is 3.59. The number of carbonyl (C=O) groups is 4. The second-order valence-electron chi connectivity index (χ2n) is 9.09. The number of carboxylic acid groups (broad SMARTS) is 1. The summed E-state index contributed by atoms with van der Waals surface area (Å²) in [7, 11) is 0. The first-order valence-electron chi connectivity index (χ1n) is 11.0. The Balaban J connectivity index is 1.79. The number of benzene rings is 2. The smallest absolute Gasteiger partial charge is 0.408 e. The second kappa shape index (κ2) is 10.4. The molecule has 1 aliphatic rings. The van der Waals surface area contributed by atoms with Gasteiger partial charge in [-0.05, 0) is 69.2 Å². The van der Waals surface area contributed by atoms with Crippen molar-refractivity contribution in [3.05, 3.63) is 59.7 Å². The van der Waals surface area contributed by atoms with Gasteiger partial charge >= 0.3 is 12.1 Å². The first-order valence-corrected chi connectivity index (χ1v) is 11.0. The molecular formula is C25H29N3O6. The molecule has 0 saturated carbocycles. The minimum absolute atomic E-state index is 0.0585. The third-order valence-electron chi connectivity index (χ3n) is 5.14. The zero-order chi connectivity index (χ0) is 24.9. The predicted octanol–water partition coefficient (Wildman–Crippen LogP) is 3.59. The molecule has 2 aromatic carbocycles. The largest absolute Gasteiger partial charge is 0.478 e. The lowest BCUT2D eigenvalue weighted by Crippen LogP contribution is -2.47. The van der Waals surface area contributed by atoms with Crippen LogP contribution in [0, 0.1) is 0 Å². The van der Waals surface area contributed by atoms with Crippen LogP contribution in [0.25, 0.3) is 0 Å². The van der Waals surface area contributed by atoms with Crippen LogP contribution in [0.15, 0.2) is 48.5 Å². The first kappa shape index (κ1) is 24.8. The molecule has 180 valence electrons. The Morgan fingerprint density at radius 2 is 1.82 bits per heavy atom. The number of nitrogens with one attached hydrogen (secondary N) is 2. The Morgan fingerprint density at radius 1 is 1.12 bits per heavy atom. The Bertz CT molecular complexity index is 1070. The SMILES string of the molecule is CC(C)(C)OC(=O)NC(Cc1cccc(N2CCCC2=O)c1)C(=O)Nc1ccc(C(=O)O)cc1. The number of carbonyl (C=O) groups excluding carboxylic acids is 3. The lowest BCUT2D eigenvalue weighted by atomic mass is 10.0.